The van der Waals surface area contributed by atoms with E-state index in [1.807, 2.05) is 153 Å². The number of imidazole rings is 2. The van der Waals surface area contributed by atoms with Crippen LogP contribution in [0.1, 0.15) is 43.8 Å². The number of aromatic nitrogens is 8. The Hall–Kier alpha value is -7.87. The van der Waals surface area contributed by atoms with E-state index in [0.29, 0.717) is 58.7 Å². The average molecular weight is 875 g/mol. The molecule has 0 fully saturated rings. The first-order valence-electron chi connectivity index (χ1n) is 20.5. The molecule has 0 amide bonds. The number of Topliss-reactive ketones (excluding diaryl/α,β-unsaturated/α-hetero) is 1. The monoisotopic (exact) mass is 874 g/mol. The molecule has 0 aliphatic rings. The Morgan fingerprint density at radius 2 is 0.953 bits per heavy atom. The average Bonchev–Trinajstić information content (AvgIpc) is 4.19. The van der Waals surface area contributed by atoms with Gasteiger partial charge in [-0.1, -0.05) is 109 Å². The summed E-state index contributed by atoms with van der Waals surface area (Å²) in [4.78, 5) is 44.2. The van der Waals surface area contributed by atoms with E-state index in [4.69, 9.17) is 9.47 Å². The second kappa shape index (κ2) is 18.6. The predicted octanol–water partition coefficient (Wildman–Crippen LogP) is 11.6. The molecule has 0 aliphatic heterocycles. The van der Waals surface area contributed by atoms with Crippen LogP contribution in [0.15, 0.2) is 182 Å². The van der Waals surface area contributed by atoms with E-state index in [9.17, 15) is 0 Å². The number of carbonyl (C=O) groups is 1. The highest BCUT2D eigenvalue weighted by molar-refractivity contribution is 7.11. The van der Waals surface area contributed by atoms with Gasteiger partial charge >= 0.3 is 0 Å². The van der Waals surface area contributed by atoms with Crippen LogP contribution in [0.2, 0.25) is 0 Å². The third-order valence-corrected chi connectivity index (χ3v) is 12.3. The summed E-state index contributed by atoms with van der Waals surface area (Å²) in [6.45, 7) is 1.24. The number of hydrogen-bond donors (Lipinski definition) is 0. The van der Waals surface area contributed by atoms with Gasteiger partial charge in [0, 0.05) is 9.75 Å². The van der Waals surface area contributed by atoms with Gasteiger partial charge in [0.05, 0.1) is 37.6 Å². The number of rotatable bonds is 16. The fourth-order valence-corrected chi connectivity index (χ4v) is 8.71. The Morgan fingerprint density at radius 3 is 1.36 bits per heavy atom. The molecule has 2 atom stereocenters. The molecule has 312 valence electrons. The Labute approximate surface area is 376 Å². The molecular weight excluding hydrogens is 837 g/mol. The fraction of sp³-hybridized carbons (Fsp3) is 0.0784. The molecule has 0 bridgehead atoms. The van der Waals surface area contributed by atoms with E-state index in [-0.39, 0.29) is 5.78 Å². The second-order valence-electron chi connectivity index (χ2n) is 14.9. The van der Waals surface area contributed by atoms with Crippen molar-refractivity contribution in [1.29, 1.82) is 0 Å². The summed E-state index contributed by atoms with van der Waals surface area (Å²) >= 11 is 3.23. The van der Waals surface area contributed by atoms with Gasteiger partial charge in [0.2, 0.25) is 0 Å². The zero-order valence-electron chi connectivity index (χ0n) is 34.2. The number of nitrogens with zero attached hydrogens (tertiary/aromatic N) is 8. The molecule has 0 radical (unpaired) electrons. The summed E-state index contributed by atoms with van der Waals surface area (Å²) < 4.78 is 16.6. The van der Waals surface area contributed by atoms with Crippen LogP contribution in [0.25, 0.3) is 34.5 Å². The SMILES string of the molecule is O=C(C(/C=C/c1cccs1)c1ccc(Oc2ncnc3c2ncn3Cc2ccccc2)cc1)C(/C=C/c1cccs1)c1ccc(Oc2ncnc3c2ncn3Cc2ccccc2)cc1. The summed E-state index contributed by atoms with van der Waals surface area (Å²) in [5.41, 5.74) is 6.38. The maximum absolute atomic E-state index is 15.1. The van der Waals surface area contributed by atoms with Crippen molar-refractivity contribution in [2.75, 3.05) is 0 Å². The third-order valence-electron chi connectivity index (χ3n) is 10.6. The van der Waals surface area contributed by atoms with Crippen molar-refractivity contribution in [2.24, 2.45) is 0 Å². The zero-order chi connectivity index (χ0) is 43.1. The Morgan fingerprint density at radius 1 is 0.516 bits per heavy atom. The summed E-state index contributed by atoms with van der Waals surface area (Å²) in [5, 5.41) is 4.05. The summed E-state index contributed by atoms with van der Waals surface area (Å²) in [6.07, 6.45) is 14.5. The highest BCUT2D eigenvalue weighted by Gasteiger charge is 2.27. The minimum atomic E-state index is -0.593. The lowest BCUT2D eigenvalue weighted by Crippen LogP contribution is -2.18. The Balaban J connectivity index is 0.919. The molecule has 10 aromatic rings. The molecule has 6 aromatic heterocycles. The minimum Gasteiger partial charge on any atom is -0.437 e. The molecular formula is C51H38N8O3S2. The van der Waals surface area contributed by atoms with Gasteiger partial charge in [-0.25, -0.2) is 19.9 Å². The topological polar surface area (TPSA) is 123 Å². The molecule has 0 saturated carbocycles. The van der Waals surface area contributed by atoms with E-state index in [1.54, 1.807) is 35.3 Å². The van der Waals surface area contributed by atoms with Crippen molar-refractivity contribution in [3.63, 3.8) is 0 Å². The maximum Gasteiger partial charge on any atom is 0.250 e. The van der Waals surface area contributed by atoms with Crippen LogP contribution in [0.4, 0.5) is 0 Å². The molecule has 4 aromatic carbocycles. The van der Waals surface area contributed by atoms with E-state index in [2.05, 4.69) is 54.2 Å². The van der Waals surface area contributed by atoms with Gasteiger partial charge in [-0.15, -0.1) is 22.7 Å². The number of ketones is 1. The van der Waals surface area contributed by atoms with Crippen LogP contribution in [0.5, 0.6) is 23.3 Å². The van der Waals surface area contributed by atoms with Gasteiger partial charge < -0.3 is 18.6 Å². The highest BCUT2D eigenvalue weighted by atomic mass is 32.1. The molecule has 0 spiro atoms. The number of fused-ring (bicyclic) bond motifs is 2. The number of hydrogen-bond acceptors (Lipinski definition) is 11. The predicted molar refractivity (Wildman–Crippen MR) is 252 cm³/mol. The van der Waals surface area contributed by atoms with Crippen molar-refractivity contribution in [1.82, 2.24) is 39.0 Å². The first-order valence-corrected chi connectivity index (χ1v) is 22.3. The van der Waals surface area contributed by atoms with E-state index < -0.39 is 11.8 Å². The normalized spacial score (nSPS) is 12.6. The van der Waals surface area contributed by atoms with Crippen molar-refractivity contribution < 1.29 is 14.3 Å². The molecule has 10 rings (SSSR count). The lowest BCUT2D eigenvalue weighted by Gasteiger charge is -2.20. The molecule has 64 heavy (non-hydrogen) atoms. The largest absolute Gasteiger partial charge is 0.437 e. The van der Waals surface area contributed by atoms with Crippen LogP contribution in [0.3, 0.4) is 0 Å². The van der Waals surface area contributed by atoms with Gasteiger partial charge in [-0.2, -0.15) is 9.97 Å². The molecule has 2 unspecified atom stereocenters. The van der Waals surface area contributed by atoms with Crippen LogP contribution < -0.4 is 9.47 Å². The quantitative estimate of drug-likeness (QED) is 0.0933. The standard InChI is InChI=1S/C51H38N8O3S2/c60-47(43(25-23-41-13-7-27-63-41)37-15-19-39(20-16-37)61-50-45-48(52-31-54-50)58(33-56-45)29-35-9-3-1-4-10-35)44(26-24-42-14-8-28-64-42)38-17-21-40(22-18-38)62-51-46-49(53-32-55-51)59(34-57-46)30-36-11-5-2-6-12-36/h1-28,31-34,43-44H,29-30H2/b25-23+,26-24+. The van der Waals surface area contributed by atoms with Crippen LogP contribution in [-0.2, 0) is 17.9 Å². The number of ether oxygens (including phenoxy) is 2. The molecule has 13 heteroatoms. The summed E-state index contributed by atoms with van der Waals surface area (Å²) in [5.74, 6) is 0.637. The first-order chi connectivity index (χ1) is 31.6. The lowest BCUT2D eigenvalue weighted by molar-refractivity contribution is -0.120. The van der Waals surface area contributed by atoms with Crippen molar-refractivity contribution in [3.8, 4) is 23.3 Å². The first kappa shape index (κ1) is 40.2. The van der Waals surface area contributed by atoms with Gasteiger partial charge in [0.15, 0.2) is 28.1 Å². The van der Waals surface area contributed by atoms with Gasteiger partial charge in [-0.3, -0.25) is 4.79 Å². The van der Waals surface area contributed by atoms with Crippen molar-refractivity contribution in [3.05, 3.63) is 214 Å². The molecule has 6 heterocycles. The smallest absolute Gasteiger partial charge is 0.250 e. The number of benzene rings is 4. The van der Waals surface area contributed by atoms with Crippen molar-refractivity contribution >= 4 is 62.9 Å². The fourth-order valence-electron chi connectivity index (χ4n) is 7.46. The summed E-state index contributed by atoms with van der Waals surface area (Å²) in [7, 11) is 0. The number of allylic oxidation sites excluding steroid dienone is 2. The van der Waals surface area contributed by atoms with E-state index >= 15 is 4.79 Å². The second-order valence-corrected chi connectivity index (χ2v) is 16.8. The van der Waals surface area contributed by atoms with Crippen LogP contribution in [-0.4, -0.2) is 44.8 Å². The highest BCUT2D eigenvalue weighted by Crippen LogP contribution is 2.35. The van der Waals surface area contributed by atoms with Gasteiger partial charge in [0.25, 0.3) is 11.8 Å². The van der Waals surface area contributed by atoms with Crippen LogP contribution in [0, 0.1) is 0 Å². The van der Waals surface area contributed by atoms with Gasteiger partial charge in [-0.05, 0) is 81.6 Å². The Kier molecular flexibility index (Phi) is 11.7. The Bertz CT molecular complexity index is 2970. The zero-order valence-corrected chi connectivity index (χ0v) is 35.8. The third kappa shape index (κ3) is 9.02. The molecule has 11 nitrogen and oxygen atoms in total. The summed E-state index contributed by atoms with van der Waals surface area (Å²) in [6, 6.07) is 43.6. The lowest BCUT2D eigenvalue weighted by atomic mass is 9.83. The molecule has 0 aliphatic carbocycles. The number of thiophene rings is 2. The van der Waals surface area contributed by atoms with Crippen molar-refractivity contribution in [2.45, 2.75) is 24.9 Å². The van der Waals surface area contributed by atoms with E-state index in [0.717, 1.165) is 32.0 Å². The molecule has 0 saturated heterocycles. The molecule has 0 N–H and O–H groups in total. The maximum atomic E-state index is 15.1. The van der Waals surface area contributed by atoms with E-state index in [1.165, 1.54) is 12.7 Å². The minimum absolute atomic E-state index is 0.00544. The van der Waals surface area contributed by atoms with Crippen LogP contribution >= 0.6 is 22.7 Å². The van der Waals surface area contributed by atoms with Gasteiger partial charge in [0.1, 0.15) is 24.2 Å². The number of carbonyl (C=O) groups excluding carboxylic acids is 1.